The molecule has 0 unspecified atom stereocenters. The Balaban J connectivity index is 1.48. The second-order valence-corrected chi connectivity index (χ2v) is 7.52. The molecule has 3 heterocycles. The Labute approximate surface area is 147 Å². The van der Waals surface area contributed by atoms with Gasteiger partial charge in [0.1, 0.15) is 12.1 Å². The van der Waals surface area contributed by atoms with E-state index < -0.39 is 0 Å². The number of rotatable bonds is 2. The second-order valence-electron chi connectivity index (χ2n) is 7.52. The summed E-state index contributed by atoms with van der Waals surface area (Å²) in [6.45, 7) is 2.20. The summed E-state index contributed by atoms with van der Waals surface area (Å²) in [5, 5.41) is 5.63. The van der Waals surface area contributed by atoms with Crippen LogP contribution in [0.15, 0.2) is 42.9 Å². The van der Waals surface area contributed by atoms with E-state index >= 15 is 0 Å². The molecule has 1 saturated heterocycles. The van der Waals surface area contributed by atoms with Crippen LogP contribution in [0.2, 0.25) is 0 Å². The van der Waals surface area contributed by atoms with Crippen molar-refractivity contribution in [1.29, 1.82) is 0 Å². The first-order chi connectivity index (χ1) is 12.3. The molecular weight excluding hydrogens is 310 g/mol. The van der Waals surface area contributed by atoms with Crippen LogP contribution in [0.25, 0.3) is 16.7 Å². The van der Waals surface area contributed by atoms with Crippen LogP contribution in [0.4, 0.5) is 5.82 Å². The standard InChI is InChI=1S/C20H23N5/c1-2-6-16(7-3-1)25-19-17(14-23-25)18(21-15-22-19)24-12-10-20(11-13-24)8-4-5-9-20/h1-3,6-7,14-15H,4-5,8-13H2. The van der Waals surface area contributed by atoms with Crippen molar-refractivity contribution in [2.24, 2.45) is 5.41 Å². The maximum absolute atomic E-state index is 4.61. The molecule has 1 aromatic carbocycles. The van der Waals surface area contributed by atoms with Gasteiger partial charge in [-0.3, -0.25) is 0 Å². The summed E-state index contributed by atoms with van der Waals surface area (Å²) in [6.07, 6.45) is 11.9. The highest BCUT2D eigenvalue weighted by Gasteiger charge is 2.37. The van der Waals surface area contributed by atoms with Crippen LogP contribution < -0.4 is 4.90 Å². The van der Waals surface area contributed by atoms with Crippen molar-refractivity contribution in [1.82, 2.24) is 19.7 Å². The van der Waals surface area contributed by atoms with Crippen LogP contribution in [0.5, 0.6) is 0 Å². The maximum Gasteiger partial charge on any atom is 0.168 e. The lowest BCUT2D eigenvalue weighted by Crippen LogP contribution is -2.39. The first-order valence-electron chi connectivity index (χ1n) is 9.34. The zero-order valence-corrected chi connectivity index (χ0v) is 14.4. The predicted octanol–water partition coefficient (Wildman–Crippen LogP) is 3.98. The molecule has 1 spiro atoms. The molecule has 3 aromatic rings. The molecule has 25 heavy (non-hydrogen) atoms. The van der Waals surface area contributed by atoms with Crippen LogP contribution in [-0.4, -0.2) is 32.8 Å². The van der Waals surface area contributed by atoms with Gasteiger partial charge in [0.15, 0.2) is 5.65 Å². The van der Waals surface area contributed by atoms with E-state index in [0.717, 1.165) is 35.6 Å². The molecule has 2 aliphatic rings. The lowest BCUT2D eigenvalue weighted by Gasteiger charge is -2.40. The van der Waals surface area contributed by atoms with Crippen molar-refractivity contribution in [2.45, 2.75) is 38.5 Å². The van der Waals surface area contributed by atoms with Crippen molar-refractivity contribution in [2.75, 3.05) is 18.0 Å². The van der Waals surface area contributed by atoms with Crippen LogP contribution in [0.3, 0.4) is 0 Å². The van der Waals surface area contributed by atoms with E-state index in [4.69, 9.17) is 0 Å². The average molecular weight is 333 g/mol. The first kappa shape index (κ1) is 14.9. The van der Waals surface area contributed by atoms with Gasteiger partial charge in [0, 0.05) is 13.1 Å². The van der Waals surface area contributed by atoms with Gasteiger partial charge in [-0.1, -0.05) is 31.0 Å². The van der Waals surface area contributed by atoms with Crippen molar-refractivity contribution < 1.29 is 0 Å². The van der Waals surface area contributed by atoms with E-state index in [2.05, 4.69) is 32.1 Å². The predicted molar refractivity (Wildman–Crippen MR) is 99.0 cm³/mol. The molecule has 0 N–H and O–H groups in total. The summed E-state index contributed by atoms with van der Waals surface area (Å²) in [5.41, 5.74) is 2.54. The van der Waals surface area contributed by atoms with Crippen molar-refractivity contribution in [3.63, 3.8) is 0 Å². The van der Waals surface area contributed by atoms with Gasteiger partial charge >= 0.3 is 0 Å². The van der Waals surface area contributed by atoms with Gasteiger partial charge in [0.05, 0.1) is 17.3 Å². The maximum atomic E-state index is 4.61. The topological polar surface area (TPSA) is 46.8 Å². The molecule has 128 valence electrons. The van der Waals surface area contributed by atoms with E-state index in [1.165, 1.54) is 38.5 Å². The highest BCUT2D eigenvalue weighted by Crippen LogP contribution is 2.46. The van der Waals surface area contributed by atoms with E-state index in [1.54, 1.807) is 6.33 Å². The Morgan fingerprint density at radius 1 is 0.880 bits per heavy atom. The molecule has 2 aromatic heterocycles. The molecule has 0 radical (unpaired) electrons. The van der Waals surface area contributed by atoms with Gasteiger partial charge < -0.3 is 4.90 Å². The second kappa shape index (κ2) is 5.83. The van der Waals surface area contributed by atoms with Gasteiger partial charge in [-0.2, -0.15) is 5.10 Å². The third-order valence-electron chi connectivity index (χ3n) is 6.13. The van der Waals surface area contributed by atoms with Crippen LogP contribution in [-0.2, 0) is 0 Å². The van der Waals surface area contributed by atoms with Crippen molar-refractivity contribution >= 4 is 16.9 Å². The van der Waals surface area contributed by atoms with Gasteiger partial charge in [-0.25, -0.2) is 14.6 Å². The first-order valence-corrected chi connectivity index (χ1v) is 9.34. The SMILES string of the molecule is c1ccc(-n2ncc3c(N4CCC5(CCCC5)CC4)ncnc32)cc1. The fraction of sp³-hybridized carbons (Fsp3) is 0.450. The number of nitrogens with zero attached hydrogens (tertiary/aromatic N) is 5. The molecule has 0 bridgehead atoms. The zero-order valence-electron chi connectivity index (χ0n) is 14.4. The van der Waals surface area contributed by atoms with Gasteiger partial charge in [-0.15, -0.1) is 0 Å². The number of para-hydroxylation sites is 1. The average Bonchev–Trinajstić information content (AvgIpc) is 3.30. The Kier molecular flexibility index (Phi) is 3.47. The Morgan fingerprint density at radius 3 is 2.40 bits per heavy atom. The van der Waals surface area contributed by atoms with Crippen LogP contribution >= 0.6 is 0 Å². The van der Waals surface area contributed by atoms with Crippen LogP contribution in [0.1, 0.15) is 38.5 Å². The smallest absolute Gasteiger partial charge is 0.168 e. The summed E-state index contributed by atoms with van der Waals surface area (Å²) in [5.74, 6) is 1.04. The Bertz CT molecular complexity index is 869. The lowest BCUT2D eigenvalue weighted by atomic mass is 9.77. The number of benzene rings is 1. The van der Waals surface area contributed by atoms with Crippen molar-refractivity contribution in [3.8, 4) is 5.69 Å². The molecule has 1 aliphatic carbocycles. The lowest BCUT2D eigenvalue weighted by molar-refractivity contribution is 0.226. The van der Waals surface area contributed by atoms with Gasteiger partial charge in [0.25, 0.3) is 0 Å². The van der Waals surface area contributed by atoms with E-state index in [-0.39, 0.29) is 0 Å². The molecule has 5 nitrogen and oxygen atoms in total. The molecule has 0 amide bonds. The number of piperidine rings is 1. The summed E-state index contributed by atoms with van der Waals surface area (Å²) < 4.78 is 1.91. The summed E-state index contributed by atoms with van der Waals surface area (Å²) in [7, 11) is 0. The number of hydrogen-bond acceptors (Lipinski definition) is 4. The van der Waals surface area contributed by atoms with Crippen LogP contribution in [0, 0.1) is 5.41 Å². The summed E-state index contributed by atoms with van der Waals surface area (Å²) >= 11 is 0. The largest absolute Gasteiger partial charge is 0.356 e. The monoisotopic (exact) mass is 333 g/mol. The number of hydrogen-bond donors (Lipinski definition) is 0. The van der Waals surface area contributed by atoms with Gasteiger partial charge in [0.2, 0.25) is 0 Å². The number of aromatic nitrogens is 4. The number of anilines is 1. The minimum atomic E-state index is 0.622. The number of fused-ring (bicyclic) bond motifs is 1. The summed E-state index contributed by atoms with van der Waals surface area (Å²) in [4.78, 5) is 11.6. The molecule has 1 saturated carbocycles. The third kappa shape index (κ3) is 2.49. The summed E-state index contributed by atoms with van der Waals surface area (Å²) in [6, 6.07) is 10.2. The minimum absolute atomic E-state index is 0.622. The third-order valence-corrected chi connectivity index (χ3v) is 6.13. The normalized spacial score (nSPS) is 19.8. The molecule has 2 fully saturated rings. The van der Waals surface area contributed by atoms with E-state index in [0.29, 0.717) is 5.41 Å². The van der Waals surface area contributed by atoms with Gasteiger partial charge in [-0.05, 0) is 43.2 Å². The molecular formula is C20H23N5. The fourth-order valence-electron chi connectivity index (χ4n) is 4.66. The quantitative estimate of drug-likeness (QED) is 0.712. The minimum Gasteiger partial charge on any atom is -0.356 e. The molecule has 1 aliphatic heterocycles. The Hall–Kier alpha value is -2.43. The Morgan fingerprint density at radius 2 is 1.64 bits per heavy atom. The highest BCUT2D eigenvalue weighted by atomic mass is 15.3. The van der Waals surface area contributed by atoms with Crippen molar-refractivity contribution in [3.05, 3.63) is 42.9 Å². The van der Waals surface area contributed by atoms with E-state index in [9.17, 15) is 0 Å². The van der Waals surface area contributed by atoms with E-state index in [1.807, 2.05) is 29.1 Å². The molecule has 0 atom stereocenters. The molecule has 5 rings (SSSR count). The zero-order chi connectivity index (χ0) is 16.7. The molecule has 5 heteroatoms. The highest BCUT2D eigenvalue weighted by molar-refractivity contribution is 5.87. The fourth-order valence-corrected chi connectivity index (χ4v) is 4.66.